The minimum Gasteiger partial charge on any atom is -0.469 e. The highest BCUT2D eigenvalue weighted by Gasteiger charge is 2.55. The lowest BCUT2D eigenvalue weighted by Gasteiger charge is -2.53. The first-order chi connectivity index (χ1) is 35.4. The molecule has 0 spiro atoms. The molecule has 0 radical (unpaired) electrons. The molecule has 420 valence electrons. The molecule has 7 fully saturated rings. The van der Waals surface area contributed by atoms with E-state index in [4.69, 9.17) is 61.3 Å². The van der Waals surface area contributed by atoms with Gasteiger partial charge in [0.2, 0.25) is 0 Å². The molecule has 8 aliphatic rings. The van der Waals surface area contributed by atoms with Gasteiger partial charge in [-0.3, -0.25) is 4.79 Å². The molecule has 8 N–H and O–H groups in total. The standard InChI is InChI=1S/C52H80O22/c1-22-28(13-15-64-22)29-10-11-31-30(40(29)56)9-8-26-16-27(12-14-52(26,31)5)68-38-18-33(62-6)47(24(3)66-38)72-37-17-32(55)46(23(2)65-37)71-39-19-34(63-7)48(25(4)67-39)73-51-45(61)43(59)49(36(21-54)70-51)74-50-44(60)42(58)41(57)35(20-53)69-50/h8,13,15,23-25,27,29-39,41-51,53-55,57-61H,9-12,14,16-21H2,1-7H3/t23-,24-,25+,27+,29-,30-,31+,32+,33-,34-,35-,36-,37+,38+,39+,41-,42+,43-,44-,45-,46-,47-,48+,49-,50+,51+,52+/m1/s1. The largest absolute Gasteiger partial charge is 0.469 e. The van der Waals surface area contributed by atoms with Crippen LogP contribution in [0.5, 0.6) is 0 Å². The topological polar surface area (TPSA) is 303 Å². The first-order valence-corrected chi connectivity index (χ1v) is 26.5. The molecule has 1 aromatic heterocycles. The van der Waals surface area contributed by atoms with Gasteiger partial charge in [-0.25, -0.2) is 0 Å². The van der Waals surface area contributed by atoms with Crippen LogP contribution in [-0.2, 0) is 61.6 Å². The smallest absolute Gasteiger partial charge is 0.187 e. The van der Waals surface area contributed by atoms with E-state index in [0.29, 0.717) is 18.1 Å². The van der Waals surface area contributed by atoms with Crippen molar-refractivity contribution in [3.05, 3.63) is 35.3 Å². The minimum absolute atomic E-state index is 0.0159. The summed E-state index contributed by atoms with van der Waals surface area (Å²) in [7, 11) is 3.09. The Kier molecular flexibility index (Phi) is 18.1. The molecule has 0 aromatic carbocycles. The lowest BCUT2D eigenvalue weighted by Crippen LogP contribution is -2.65. The van der Waals surface area contributed by atoms with Gasteiger partial charge >= 0.3 is 0 Å². The third-order valence-electron chi connectivity index (χ3n) is 17.5. The molecule has 1 aromatic rings. The number of aryl methyl sites for hydroxylation is 1. The number of rotatable bonds is 15. The quantitative estimate of drug-likeness (QED) is 0.112. The number of allylic oxidation sites excluding steroid dienone is 1. The number of furan rings is 1. The zero-order valence-electron chi connectivity index (χ0n) is 43.3. The zero-order chi connectivity index (χ0) is 52.9. The Morgan fingerprint density at radius 3 is 1.82 bits per heavy atom. The zero-order valence-corrected chi connectivity index (χ0v) is 43.3. The first-order valence-electron chi connectivity index (χ1n) is 26.5. The highest BCUT2D eigenvalue weighted by atomic mass is 16.8. The van der Waals surface area contributed by atoms with Gasteiger partial charge in [-0.1, -0.05) is 18.6 Å². The van der Waals surface area contributed by atoms with E-state index in [1.165, 1.54) is 12.7 Å². The molecule has 9 rings (SSSR count). The van der Waals surface area contributed by atoms with Crippen molar-refractivity contribution in [3.8, 4) is 0 Å². The molecular formula is C52H80O22. The molecule has 74 heavy (non-hydrogen) atoms. The average Bonchev–Trinajstić information content (AvgIpc) is 3.82. The van der Waals surface area contributed by atoms with Crippen LogP contribution < -0.4 is 0 Å². The molecule has 0 unspecified atom stereocenters. The first kappa shape index (κ1) is 56.6. The summed E-state index contributed by atoms with van der Waals surface area (Å²) in [5, 5.41) is 84.5. The highest BCUT2D eigenvalue weighted by Crippen LogP contribution is 2.58. The lowest BCUT2D eigenvalue weighted by atomic mass is 9.52. The number of carbonyl (C=O) groups excluding carboxylic acids is 1. The van der Waals surface area contributed by atoms with Crippen molar-refractivity contribution in [1.29, 1.82) is 0 Å². The lowest BCUT2D eigenvalue weighted by molar-refractivity contribution is -0.376. The Hall–Kier alpha value is -2.11. The number of carbonyl (C=O) groups is 1. The second-order valence-corrected chi connectivity index (χ2v) is 22.0. The number of ketones is 1. The van der Waals surface area contributed by atoms with E-state index in [1.807, 2.05) is 19.9 Å². The number of hydrogen-bond acceptors (Lipinski definition) is 22. The van der Waals surface area contributed by atoms with Crippen molar-refractivity contribution in [2.75, 3.05) is 27.4 Å². The molecule has 0 amide bonds. The molecule has 3 aliphatic carbocycles. The number of aliphatic hydroxyl groups is 8. The molecule has 0 bridgehead atoms. The van der Waals surface area contributed by atoms with Crippen LogP contribution in [0.15, 0.2) is 28.4 Å². The molecule has 6 heterocycles. The van der Waals surface area contributed by atoms with Crippen molar-refractivity contribution in [3.63, 3.8) is 0 Å². The van der Waals surface area contributed by atoms with Crippen LogP contribution in [0.4, 0.5) is 0 Å². The fraction of sp³-hybridized carbons (Fsp3) is 0.865. The van der Waals surface area contributed by atoms with E-state index in [1.54, 1.807) is 27.2 Å². The second-order valence-electron chi connectivity index (χ2n) is 22.0. The van der Waals surface area contributed by atoms with Crippen LogP contribution in [0, 0.1) is 24.2 Å². The van der Waals surface area contributed by atoms with Gasteiger partial charge in [-0.05, 0) is 83.6 Å². The molecule has 22 heteroatoms. The van der Waals surface area contributed by atoms with Gasteiger partial charge in [0.1, 0.15) is 78.7 Å². The minimum atomic E-state index is -1.81. The van der Waals surface area contributed by atoms with Gasteiger partial charge in [-0.2, -0.15) is 0 Å². The predicted octanol–water partition coefficient (Wildman–Crippen LogP) is 0.748. The van der Waals surface area contributed by atoms with Crippen molar-refractivity contribution in [2.45, 2.75) is 240 Å². The van der Waals surface area contributed by atoms with Crippen molar-refractivity contribution >= 4 is 5.78 Å². The Labute approximate surface area is 431 Å². The van der Waals surface area contributed by atoms with Crippen LogP contribution in [0.25, 0.3) is 0 Å². The fourth-order valence-electron chi connectivity index (χ4n) is 13.3. The van der Waals surface area contributed by atoms with Gasteiger partial charge in [-0.15, -0.1) is 0 Å². The summed E-state index contributed by atoms with van der Waals surface area (Å²) >= 11 is 0. The third kappa shape index (κ3) is 11.2. The van der Waals surface area contributed by atoms with E-state index in [0.717, 1.165) is 49.8 Å². The molecule has 22 nitrogen and oxygen atoms in total. The molecular weight excluding hydrogens is 977 g/mol. The Morgan fingerprint density at radius 2 is 1.22 bits per heavy atom. The number of Topliss-reactive ketones (excluding diaryl/α,β-unsaturated/α-hetero) is 1. The Morgan fingerprint density at radius 1 is 0.649 bits per heavy atom. The van der Waals surface area contributed by atoms with Crippen LogP contribution in [-0.4, -0.2) is 215 Å². The SMILES string of the molecule is CO[C@@H]1C[C@H](O[C@H]2CC[C@@]3(C)C(=CC[C@H]4C(=O)[C@@H](c5ccoc5C)CC[C@@H]43)C2)O[C@H](C)[C@H]1O[C@H]1C[C@H](O)[C@H](O[C@H]2C[C@@H](OC)[C@@H](O[C@@H]3O[C@H](CO)[C@@H](O[C@@H]4O[C@H](CO)[C@@H](O)[C@H](O)[C@H]4O)[C@H](O)[C@H]3O)[C@H](C)O2)[C@@H](C)O1. The molecule has 5 aliphatic heterocycles. The van der Waals surface area contributed by atoms with Crippen LogP contribution in [0.1, 0.15) is 103 Å². The summed E-state index contributed by atoms with van der Waals surface area (Å²) in [5.41, 5.74) is 2.37. The summed E-state index contributed by atoms with van der Waals surface area (Å²) < 4.78 is 79.0. The molecule has 2 saturated carbocycles. The van der Waals surface area contributed by atoms with Crippen LogP contribution in [0.3, 0.4) is 0 Å². The summed E-state index contributed by atoms with van der Waals surface area (Å²) in [5.74, 6) is 1.41. The van der Waals surface area contributed by atoms with Crippen molar-refractivity contribution < 1.29 is 107 Å². The van der Waals surface area contributed by atoms with Gasteiger partial charge in [0, 0.05) is 50.9 Å². The summed E-state index contributed by atoms with van der Waals surface area (Å²) in [4.78, 5) is 13.9. The predicted molar refractivity (Wildman–Crippen MR) is 252 cm³/mol. The maximum absolute atomic E-state index is 13.9. The summed E-state index contributed by atoms with van der Waals surface area (Å²) in [6.45, 7) is 8.21. The van der Waals surface area contributed by atoms with Crippen LogP contribution >= 0.6 is 0 Å². The van der Waals surface area contributed by atoms with Gasteiger partial charge in [0.25, 0.3) is 0 Å². The number of hydrogen-bond donors (Lipinski definition) is 8. The van der Waals surface area contributed by atoms with Gasteiger partial charge < -0.3 is 102 Å². The van der Waals surface area contributed by atoms with E-state index in [9.17, 15) is 45.6 Å². The summed E-state index contributed by atoms with van der Waals surface area (Å²) in [6, 6.07) is 1.96. The highest BCUT2D eigenvalue weighted by molar-refractivity contribution is 5.89. The maximum atomic E-state index is 13.9. The number of fused-ring (bicyclic) bond motifs is 3. The number of methoxy groups -OCH3 is 2. The average molecular weight is 1060 g/mol. The summed E-state index contributed by atoms with van der Waals surface area (Å²) in [6.07, 6.45) is -14.8. The molecule has 27 atom stereocenters. The third-order valence-corrected chi connectivity index (χ3v) is 17.5. The maximum Gasteiger partial charge on any atom is 0.187 e. The van der Waals surface area contributed by atoms with E-state index in [2.05, 4.69) is 13.0 Å². The van der Waals surface area contributed by atoms with E-state index >= 15 is 0 Å². The number of ether oxygens (including phenoxy) is 12. The second kappa shape index (κ2) is 23.7. The van der Waals surface area contributed by atoms with Gasteiger partial charge in [0.15, 0.2) is 31.5 Å². The van der Waals surface area contributed by atoms with Crippen molar-refractivity contribution in [1.82, 2.24) is 0 Å². The number of aliphatic hydroxyl groups excluding tert-OH is 8. The Balaban J connectivity index is 0.738. The normalized spacial score (nSPS) is 49.2. The van der Waals surface area contributed by atoms with Gasteiger partial charge in [0.05, 0.1) is 62.2 Å². The van der Waals surface area contributed by atoms with E-state index < -0.39 is 142 Å². The monoisotopic (exact) mass is 1060 g/mol. The Bertz CT molecular complexity index is 2020. The van der Waals surface area contributed by atoms with E-state index in [-0.39, 0.29) is 42.3 Å². The van der Waals surface area contributed by atoms with Crippen molar-refractivity contribution in [2.24, 2.45) is 17.3 Å². The van der Waals surface area contributed by atoms with Crippen LogP contribution in [0.2, 0.25) is 0 Å². The molecule has 5 saturated heterocycles. The fourth-order valence-corrected chi connectivity index (χ4v) is 13.3.